The minimum Gasteiger partial charge on any atom is -0.353 e. The van der Waals surface area contributed by atoms with E-state index in [9.17, 15) is 14.0 Å². The summed E-state index contributed by atoms with van der Waals surface area (Å²) in [5, 5.41) is 5.15. The molecule has 0 unspecified atom stereocenters. The molecule has 7 nitrogen and oxygen atoms in total. The summed E-state index contributed by atoms with van der Waals surface area (Å²) < 4.78 is 13.6. The van der Waals surface area contributed by atoms with E-state index in [2.05, 4.69) is 20.5 Å². The number of carbonyl (C=O) groups is 2. The number of nitrogens with one attached hydrogen (secondary N) is 2. The molecular weight excluding hydrogens is 349 g/mol. The third kappa shape index (κ3) is 4.72. The zero-order valence-corrected chi connectivity index (χ0v) is 15.1. The SMILES string of the molecule is C[C@H](NC(=O)N1CCN(c2ccccn2)CC1)C(=O)Nc1ccccc1F. The van der Waals surface area contributed by atoms with Crippen LogP contribution in [0.4, 0.5) is 20.7 Å². The second-order valence-electron chi connectivity index (χ2n) is 6.30. The molecule has 27 heavy (non-hydrogen) atoms. The summed E-state index contributed by atoms with van der Waals surface area (Å²) in [6.07, 6.45) is 1.74. The zero-order valence-electron chi connectivity index (χ0n) is 15.1. The minimum atomic E-state index is -0.786. The van der Waals surface area contributed by atoms with Gasteiger partial charge in [-0.25, -0.2) is 14.2 Å². The van der Waals surface area contributed by atoms with Crippen molar-refractivity contribution in [3.63, 3.8) is 0 Å². The topological polar surface area (TPSA) is 77.6 Å². The Hall–Kier alpha value is -3.16. The molecule has 0 aliphatic carbocycles. The van der Waals surface area contributed by atoms with Gasteiger partial charge in [-0.05, 0) is 31.2 Å². The lowest BCUT2D eigenvalue weighted by Crippen LogP contribution is -2.54. The Labute approximate surface area is 157 Å². The number of nitrogens with zero attached hydrogens (tertiary/aromatic N) is 3. The van der Waals surface area contributed by atoms with Gasteiger partial charge in [0.05, 0.1) is 5.69 Å². The fourth-order valence-corrected chi connectivity index (χ4v) is 2.83. The number of hydrogen-bond donors (Lipinski definition) is 2. The Balaban J connectivity index is 1.49. The van der Waals surface area contributed by atoms with Crippen LogP contribution in [0.5, 0.6) is 0 Å². The number of pyridine rings is 1. The lowest BCUT2D eigenvalue weighted by Gasteiger charge is -2.35. The molecule has 1 atom stereocenters. The Morgan fingerprint density at radius 2 is 1.78 bits per heavy atom. The van der Waals surface area contributed by atoms with Gasteiger partial charge >= 0.3 is 6.03 Å². The van der Waals surface area contributed by atoms with E-state index in [-0.39, 0.29) is 11.7 Å². The molecule has 1 aromatic carbocycles. The predicted octanol–water partition coefficient (Wildman–Crippen LogP) is 2.08. The molecule has 0 saturated carbocycles. The van der Waals surface area contributed by atoms with Crippen molar-refractivity contribution in [2.45, 2.75) is 13.0 Å². The van der Waals surface area contributed by atoms with Gasteiger partial charge in [0.15, 0.2) is 0 Å². The highest BCUT2D eigenvalue weighted by Gasteiger charge is 2.24. The third-order valence-electron chi connectivity index (χ3n) is 4.41. The van der Waals surface area contributed by atoms with Crippen LogP contribution in [0.1, 0.15) is 6.92 Å². The smallest absolute Gasteiger partial charge is 0.318 e. The normalized spacial score (nSPS) is 15.2. The fourth-order valence-electron chi connectivity index (χ4n) is 2.83. The fraction of sp³-hybridized carbons (Fsp3) is 0.316. The number of piperazine rings is 1. The van der Waals surface area contributed by atoms with Crippen LogP contribution in [0.2, 0.25) is 0 Å². The molecule has 142 valence electrons. The standard InChI is InChI=1S/C19H22FN5O2/c1-14(18(26)23-16-7-3-2-6-15(16)20)22-19(27)25-12-10-24(11-13-25)17-8-4-5-9-21-17/h2-9,14H,10-13H2,1H3,(H,22,27)(H,23,26)/t14-/m0/s1. The first-order valence-corrected chi connectivity index (χ1v) is 8.81. The number of carbonyl (C=O) groups excluding carboxylic acids is 2. The number of urea groups is 1. The van der Waals surface area contributed by atoms with Crippen molar-refractivity contribution in [3.05, 3.63) is 54.5 Å². The van der Waals surface area contributed by atoms with Crippen LogP contribution >= 0.6 is 0 Å². The van der Waals surface area contributed by atoms with Gasteiger partial charge in [0.2, 0.25) is 5.91 Å². The maximum Gasteiger partial charge on any atom is 0.318 e. The summed E-state index contributed by atoms with van der Waals surface area (Å²) in [5.74, 6) is -0.106. The van der Waals surface area contributed by atoms with Crippen molar-refractivity contribution < 1.29 is 14.0 Å². The first-order valence-electron chi connectivity index (χ1n) is 8.81. The van der Waals surface area contributed by atoms with Gasteiger partial charge in [-0.3, -0.25) is 4.79 Å². The second-order valence-corrected chi connectivity index (χ2v) is 6.30. The summed E-state index contributed by atoms with van der Waals surface area (Å²) in [6.45, 7) is 3.97. The molecule has 1 aromatic heterocycles. The molecule has 0 bridgehead atoms. The number of hydrogen-bond acceptors (Lipinski definition) is 4. The number of benzene rings is 1. The summed E-state index contributed by atoms with van der Waals surface area (Å²) in [7, 11) is 0. The predicted molar refractivity (Wildman–Crippen MR) is 101 cm³/mol. The van der Waals surface area contributed by atoms with E-state index in [0.29, 0.717) is 26.2 Å². The molecule has 1 aliphatic heterocycles. The van der Waals surface area contributed by atoms with Crippen LogP contribution in [0.3, 0.4) is 0 Å². The van der Waals surface area contributed by atoms with Gasteiger partial charge in [-0.2, -0.15) is 0 Å². The van der Waals surface area contributed by atoms with E-state index in [0.717, 1.165) is 5.82 Å². The Morgan fingerprint density at radius 3 is 2.44 bits per heavy atom. The lowest BCUT2D eigenvalue weighted by molar-refractivity contribution is -0.117. The maximum atomic E-state index is 13.6. The molecule has 2 heterocycles. The number of para-hydroxylation sites is 1. The van der Waals surface area contributed by atoms with Crippen LogP contribution in [0.25, 0.3) is 0 Å². The van der Waals surface area contributed by atoms with E-state index < -0.39 is 17.8 Å². The van der Waals surface area contributed by atoms with Crippen LogP contribution in [-0.4, -0.2) is 54.0 Å². The molecular formula is C19H22FN5O2. The first-order chi connectivity index (χ1) is 13.0. The molecule has 3 amide bonds. The Kier molecular flexibility index (Phi) is 5.85. The van der Waals surface area contributed by atoms with Crippen LogP contribution < -0.4 is 15.5 Å². The quantitative estimate of drug-likeness (QED) is 0.863. The van der Waals surface area contributed by atoms with E-state index in [4.69, 9.17) is 0 Å². The summed E-state index contributed by atoms with van der Waals surface area (Å²) in [6, 6.07) is 10.5. The summed E-state index contributed by atoms with van der Waals surface area (Å²) >= 11 is 0. The van der Waals surface area contributed by atoms with Crippen molar-refractivity contribution in [2.24, 2.45) is 0 Å². The highest BCUT2D eigenvalue weighted by Crippen LogP contribution is 2.14. The van der Waals surface area contributed by atoms with Crippen LogP contribution in [0, 0.1) is 5.82 Å². The lowest BCUT2D eigenvalue weighted by atomic mass is 10.2. The van der Waals surface area contributed by atoms with Crippen molar-refractivity contribution >= 4 is 23.4 Å². The average Bonchev–Trinajstić information content (AvgIpc) is 2.70. The maximum absolute atomic E-state index is 13.6. The highest BCUT2D eigenvalue weighted by molar-refractivity contribution is 5.96. The molecule has 3 rings (SSSR count). The van der Waals surface area contributed by atoms with Gasteiger partial charge in [0.1, 0.15) is 17.7 Å². The van der Waals surface area contributed by atoms with Crippen molar-refractivity contribution in [2.75, 3.05) is 36.4 Å². The molecule has 0 radical (unpaired) electrons. The summed E-state index contributed by atoms with van der Waals surface area (Å²) in [4.78, 5) is 32.7. The Bertz CT molecular complexity index is 794. The number of halogens is 1. The molecule has 1 fully saturated rings. The largest absolute Gasteiger partial charge is 0.353 e. The van der Waals surface area contributed by atoms with E-state index in [1.165, 1.54) is 12.1 Å². The van der Waals surface area contributed by atoms with Gasteiger partial charge in [0, 0.05) is 32.4 Å². The number of amides is 3. The second kappa shape index (κ2) is 8.48. The average molecular weight is 371 g/mol. The monoisotopic (exact) mass is 371 g/mol. The van der Waals surface area contributed by atoms with E-state index >= 15 is 0 Å². The van der Waals surface area contributed by atoms with E-state index in [1.54, 1.807) is 30.2 Å². The first kappa shape index (κ1) is 18.6. The number of rotatable bonds is 4. The van der Waals surface area contributed by atoms with Gasteiger partial charge in [-0.1, -0.05) is 18.2 Å². The molecule has 1 aliphatic rings. The number of anilines is 2. The zero-order chi connectivity index (χ0) is 19.2. The minimum absolute atomic E-state index is 0.0903. The van der Waals surface area contributed by atoms with Crippen LogP contribution in [0.15, 0.2) is 48.7 Å². The third-order valence-corrected chi connectivity index (χ3v) is 4.41. The highest BCUT2D eigenvalue weighted by atomic mass is 19.1. The molecule has 8 heteroatoms. The van der Waals surface area contributed by atoms with Crippen molar-refractivity contribution in [3.8, 4) is 0 Å². The van der Waals surface area contributed by atoms with Gasteiger partial charge < -0.3 is 20.4 Å². The number of aromatic nitrogens is 1. The molecule has 1 saturated heterocycles. The van der Waals surface area contributed by atoms with Gasteiger partial charge in [-0.15, -0.1) is 0 Å². The van der Waals surface area contributed by atoms with Crippen LogP contribution in [-0.2, 0) is 4.79 Å². The van der Waals surface area contributed by atoms with Gasteiger partial charge in [0.25, 0.3) is 0 Å². The van der Waals surface area contributed by atoms with Crippen molar-refractivity contribution in [1.29, 1.82) is 0 Å². The molecule has 2 aromatic rings. The molecule has 2 N–H and O–H groups in total. The molecule has 0 spiro atoms. The summed E-state index contributed by atoms with van der Waals surface area (Å²) in [5.41, 5.74) is 0.0903. The van der Waals surface area contributed by atoms with E-state index in [1.807, 2.05) is 18.2 Å². The Morgan fingerprint density at radius 1 is 1.07 bits per heavy atom. The van der Waals surface area contributed by atoms with Crippen molar-refractivity contribution in [1.82, 2.24) is 15.2 Å².